The predicted molar refractivity (Wildman–Crippen MR) is 141 cm³/mol. The van der Waals surface area contributed by atoms with Crippen molar-refractivity contribution in [3.63, 3.8) is 0 Å². The number of sulfone groups is 1. The number of piperidine rings is 1. The van der Waals surface area contributed by atoms with Gasteiger partial charge in [-0.3, -0.25) is 14.5 Å². The van der Waals surface area contributed by atoms with E-state index in [-0.39, 0.29) is 51.3 Å². The van der Waals surface area contributed by atoms with Crippen molar-refractivity contribution in [2.45, 2.75) is 56.4 Å². The standard InChI is InChI=1S/C26H34ClF4N3O4S/c1-18(9-15-39(2,37)38)32-24(36)25(28)10-5-12-34(14-11-25)23(35)21-16-33(17-26(29,30)31)13-8-19(21)20-6-3-4-7-22(20)27/h3-4,6-7,9,15,18-19,21H,5,8,10-14,16-17H2,1-2H3,(H,32,36)/b15-9-/t18-,19-,21+,25-/m1/s1. The van der Waals surface area contributed by atoms with Crippen LogP contribution in [-0.2, 0) is 19.4 Å². The second kappa shape index (κ2) is 12.6. The van der Waals surface area contributed by atoms with Gasteiger partial charge in [0, 0.05) is 48.8 Å². The summed E-state index contributed by atoms with van der Waals surface area (Å²) in [5, 5.41) is 3.82. The smallest absolute Gasteiger partial charge is 0.347 e. The Balaban J connectivity index is 1.75. The average Bonchev–Trinajstić information content (AvgIpc) is 3.04. The van der Waals surface area contributed by atoms with E-state index in [1.54, 1.807) is 24.3 Å². The summed E-state index contributed by atoms with van der Waals surface area (Å²) < 4.78 is 77.8. The van der Waals surface area contributed by atoms with Crippen molar-refractivity contribution in [2.24, 2.45) is 5.92 Å². The second-order valence-corrected chi connectivity index (χ2v) is 12.8. The highest BCUT2D eigenvalue weighted by Crippen LogP contribution is 2.39. The average molecular weight is 596 g/mol. The molecule has 7 nitrogen and oxygen atoms in total. The van der Waals surface area contributed by atoms with Gasteiger partial charge in [-0.25, -0.2) is 12.8 Å². The van der Waals surface area contributed by atoms with Crippen molar-refractivity contribution < 1.29 is 35.6 Å². The Hall–Kier alpha value is -2.18. The molecular weight excluding hydrogens is 562 g/mol. The van der Waals surface area contributed by atoms with Gasteiger partial charge in [0.15, 0.2) is 15.5 Å². The molecule has 0 bridgehead atoms. The van der Waals surface area contributed by atoms with Gasteiger partial charge in [-0.05, 0) is 50.3 Å². The molecule has 4 atom stereocenters. The van der Waals surface area contributed by atoms with E-state index in [2.05, 4.69) is 5.32 Å². The van der Waals surface area contributed by atoms with E-state index in [0.29, 0.717) is 17.0 Å². The lowest BCUT2D eigenvalue weighted by Crippen LogP contribution is -2.50. The molecule has 2 aliphatic rings. The Kier molecular flexibility index (Phi) is 10.1. The van der Waals surface area contributed by atoms with Gasteiger partial charge in [0.05, 0.1) is 12.5 Å². The summed E-state index contributed by atoms with van der Waals surface area (Å²) >= 11 is 6.39. The summed E-state index contributed by atoms with van der Waals surface area (Å²) in [5.74, 6) is -2.51. The minimum Gasteiger partial charge on any atom is -0.347 e. The molecule has 0 aromatic heterocycles. The molecule has 2 fully saturated rings. The number of alkyl halides is 4. The zero-order valence-corrected chi connectivity index (χ0v) is 23.5. The fourth-order valence-corrected chi connectivity index (χ4v) is 6.04. The topological polar surface area (TPSA) is 86.8 Å². The molecule has 0 unspecified atom stereocenters. The monoisotopic (exact) mass is 595 g/mol. The number of halogens is 5. The molecule has 0 saturated carbocycles. The molecule has 2 saturated heterocycles. The van der Waals surface area contributed by atoms with Crippen LogP contribution in [0.25, 0.3) is 0 Å². The fraction of sp³-hybridized carbons (Fsp3) is 0.615. The SMILES string of the molecule is C[C@H](/C=C\S(C)(=O)=O)NC(=O)[C@@]1(F)CCCN(C(=O)[C@H]2CN(CC(F)(F)F)CC[C@@H]2c2ccccc2Cl)CC1. The summed E-state index contributed by atoms with van der Waals surface area (Å²) in [4.78, 5) is 29.1. The van der Waals surface area contributed by atoms with Gasteiger partial charge in [-0.15, -0.1) is 0 Å². The zero-order chi connectivity index (χ0) is 29.0. The Morgan fingerprint density at radius 2 is 1.90 bits per heavy atom. The Labute approximate surface area is 231 Å². The van der Waals surface area contributed by atoms with Gasteiger partial charge >= 0.3 is 6.18 Å². The molecule has 0 spiro atoms. The van der Waals surface area contributed by atoms with Gasteiger partial charge in [-0.2, -0.15) is 13.2 Å². The van der Waals surface area contributed by atoms with Crippen molar-refractivity contribution >= 4 is 33.3 Å². The highest BCUT2D eigenvalue weighted by Gasteiger charge is 2.44. The molecular formula is C26H34ClF4N3O4S. The van der Waals surface area contributed by atoms with E-state index < -0.39 is 52.0 Å². The van der Waals surface area contributed by atoms with Crippen molar-refractivity contribution in [3.05, 3.63) is 46.3 Å². The minimum atomic E-state index is -4.41. The molecule has 218 valence electrons. The molecule has 2 heterocycles. The van der Waals surface area contributed by atoms with E-state index >= 15 is 4.39 Å². The van der Waals surface area contributed by atoms with Gasteiger partial charge < -0.3 is 10.2 Å². The number of carbonyl (C=O) groups excluding carboxylic acids is 2. The van der Waals surface area contributed by atoms with E-state index in [9.17, 15) is 31.2 Å². The molecule has 39 heavy (non-hydrogen) atoms. The first-order valence-corrected chi connectivity index (χ1v) is 15.1. The van der Waals surface area contributed by atoms with Crippen LogP contribution < -0.4 is 5.32 Å². The summed E-state index contributed by atoms with van der Waals surface area (Å²) in [6, 6.07) is 6.21. The number of nitrogens with one attached hydrogen (secondary N) is 1. The lowest BCUT2D eigenvalue weighted by Gasteiger charge is -2.40. The number of rotatable bonds is 7. The van der Waals surface area contributed by atoms with Crippen LogP contribution in [0.3, 0.4) is 0 Å². The van der Waals surface area contributed by atoms with Crippen LogP contribution in [0.4, 0.5) is 17.6 Å². The Bertz CT molecular complexity index is 1180. The van der Waals surface area contributed by atoms with Crippen LogP contribution in [0.2, 0.25) is 5.02 Å². The lowest BCUT2D eigenvalue weighted by atomic mass is 9.79. The van der Waals surface area contributed by atoms with Crippen LogP contribution in [0.15, 0.2) is 35.7 Å². The van der Waals surface area contributed by atoms with Crippen LogP contribution in [0.5, 0.6) is 0 Å². The van der Waals surface area contributed by atoms with Crippen molar-refractivity contribution in [3.8, 4) is 0 Å². The van der Waals surface area contributed by atoms with Crippen molar-refractivity contribution in [1.29, 1.82) is 0 Å². The van der Waals surface area contributed by atoms with Crippen LogP contribution in [-0.4, -0.2) is 86.9 Å². The predicted octanol–water partition coefficient (Wildman–Crippen LogP) is 4.09. The van der Waals surface area contributed by atoms with Gasteiger partial charge in [0.25, 0.3) is 5.91 Å². The van der Waals surface area contributed by atoms with Crippen molar-refractivity contribution in [1.82, 2.24) is 15.1 Å². The number of likely N-dealkylation sites (tertiary alicyclic amines) is 2. The molecule has 1 aromatic carbocycles. The maximum absolute atomic E-state index is 15.7. The Morgan fingerprint density at radius 1 is 1.21 bits per heavy atom. The highest BCUT2D eigenvalue weighted by atomic mass is 35.5. The molecule has 1 aromatic rings. The maximum atomic E-state index is 15.7. The number of benzene rings is 1. The van der Waals surface area contributed by atoms with E-state index in [1.807, 2.05) is 0 Å². The first-order valence-electron chi connectivity index (χ1n) is 12.8. The van der Waals surface area contributed by atoms with Gasteiger partial charge in [-0.1, -0.05) is 35.9 Å². The zero-order valence-electron chi connectivity index (χ0n) is 21.9. The van der Waals surface area contributed by atoms with Crippen LogP contribution >= 0.6 is 11.6 Å². The highest BCUT2D eigenvalue weighted by molar-refractivity contribution is 7.93. The van der Waals surface area contributed by atoms with Crippen molar-refractivity contribution in [2.75, 3.05) is 39.0 Å². The maximum Gasteiger partial charge on any atom is 0.401 e. The third kappa shape index (κ3) is 8.91. The molecule has 2 aliphatic heterocycles. The first kappa shape index (κ1) is 31.3. The lowest BCUT2D eigenvalue weighted by molar-refractivity contribution is -0.155. The summed E-state index contributed by atoms with van der Waals surface area (Å²) in [6.45, 7) is 0.495. The molecule has 0 aliphatic carbocycles. The van der Waals surface area contributed by atoms with E-state index in [4.69, 9.17) is 11.6 Å². The minimum absolute atomic E-state index is 0.0820. The largest absolute Gasteiger partial charge is 0.401 e. The fourth-order valence-electron chi connectivity index (χ4n) is 5.24. The molecule has 3 rings (SSSR count). The summed E-state index contributed by atoms with van der Waals surface area (Å²) in [6.07, 6.45) is -2.13. The van der Waals surface area contributed by atoms with Gasteiger partial charge in [0.1, 0.15) is 0 Å². The number of carbonyl (C=O) groups is 2. The van der Waals surface area contributed by atoms with E-state index in [1.165, 1.54) is 22.8 Å². The third-order valence-electron chi connectivity index (χ3n) is 7.19. The number of amides is 2. The summed E-state index contributed by atoms with van der Waals surface area (Å²) in [5.41, 5.74) is -1.59. The molecule has 2 amide bonds. The molecule has 0 radical (unpaired) electrons. The normalized spacial score (nSPS) is 26.3. The Morgan fingerprint density at radius 3 is 2.54 bits per heavy atom. The van der Waals surface area contributed by atoms with Crippen LogP contribution in [0, 0.1) is 5.92 Å². The quantitative estimate of drug-likeness (QED) is 0.480. The second-order valence-electron chi connectivity index (χ2n) is 10.4. The molecule has 13 heteroatoms. The van der Waals surface area contributed by atoms with Crippen LogP contribution in [0.1, 0.15) is 44.1 Å². The summed E-state index contributed by atoms with van der Waals surface area (Å²) in [7, 11) is -3.41. The number of hydrogen-bond acceptors (Lipinski definition) is 5. The number of nitrogens with zero attached hydrogens (tertiary/aromatic N) is 2. The van der Waals surface area contributed by atoms with Gasteiger partial charge in [0.2, 0.25) is 5.91 Å². The first-order chi connectivity index (χ1) is 18.1. The van der Waals surface area contributed by atoms with E-state index in [0.717, 1.165) is 11.7 Å². The molecule has 1 N–H and O–H groups in total. The number of hydrogen-bond donors (Lipinski definition) is 1. The third-order valence-corrected chi connectivity index (χ3v) is 8.19.